The van der Waals surface area contributed by atoms with Gasteiger partial charge >= 0.3 is 11.9 Å². The number of fused-ring (bicyclic) bond motifs is 1. The van der Waals surface area contributed by atoms with Gasteiger partial charge in [-0.15, -0.1) is 0 Å². The number of aliphatic hydroxyl groups excluding tert-OH is 2. The highest BCUT2D eigenvalue weighted by Crippen LogP contribution is 2.31. The number of rotatable bonds is 12. The molecule has 0 aliphatic carbocycles. The molecule has 226 valence electrons. The Morgan fingerprint density at radius 1 is 1.20 bits per heavy atom. The van der Waals surface area contributed by atoms with Gasteiger partial charge in [-0.3, -0.25) is 24.4 Å². The number of anilines is 3. The summed E-state index contributed by atoms with van der Waals surface area (Å²) in [5.41, 5.74) is 1.18. The van der Waals surface area contributed by atoms with E-state index < -0.39 is 41.3 Å². The number of ether oxygens (including phenoxy) is 2. The lowest BCUT2D eigenvalue weighted by Gasteiger charge is -2.32. The highest BCUT2D eigenvalue weighted by molar-refractivity contribution is 5.71. The second kappa shape index (κ2) is 13.3. The van der Waals surface area contributed by atoms with E-state index in [4.69, 9.17) is 9.47 Å². The SMILES string of the molecule is CC(=O)OCc1c(CC(C)C)cnc(CCC(C)(C)Nc2nc3c(c(=O)[nH]2)N[C@@H]([C@@H](O)[C@H](C)O)CN3)c1OC(C)=O. The number of aliphatic hydroxyl groups is 2. The molecule has 0 fully saturated rings. The van der Waals surface area contributed by atoms with Gasteiger partial charge in [0.15, 0.2) is 11.6 Å². The van der Waals surface area contributed by atoms with Crippen molar-refractivity contribution >= 4 is 29.4 Å². The number of carbonyl (C=O) groups is 2. The summed E-state index contributed by atoms with van der Waals surface area (Å²) in [6.07, 6.45) is 1.30. The Bertz CT molecular complexity index is 1310. The zero-order chi connectivity index (χ0) is 30.5. The topological polar surface area (TPSA) is 188 Å². The first-order chi connectivity index (χ1) is 19.2. The Labute approximate surface area is 239 Å². The molecule has 3 atom stereocenters. The van der Waals surface area contributed by atoms with E-state index in [0.717, 1.165) is 5.56 Å². The Morgan fingerprint density at radius 3 is 2.51 bits per heavy atom. The van der Waals surface area contributed by atoms with E-state index in [1.165, 1.54) is 20.8 Å². The molecule has 13 heteroatoms. The average molecular weight is 575 g/mol. The van der Waals surface area contributed by atoms with Crippen LogP contribution in [0.1, 0.15) is 71.7 Å². The predicted octanol–water partition coefficient (Wildman–Crippen LogP) is 2.12. The highest BCUT2D eigenvalue weighted by Gasteiger charge is 2.30. The maximum atomic E-state index is 12.8. The van der Waals surface area contributed by atoms with Gasteiger partial charge in [-0.05, 0) is 51.5 Å². The third kappa shape index (κ3) is 8.64. The fourth-order valence-corrected chi connectivity index (χ4v) is 4.60. The first-order valence-electron chi connectivity index (χ1n) is 13.8. The normalized spacial score (nSPS) is 16.2. The number of hydrogen-bond donors (Lipinski definition) is 6. The predicted molar refractivity (Wildman–Crippen MR) is 154 cm³/mol. The average Bonchev–Trinajstić information content (AvgIpc) is 2.86. The molecule has 0 saturated carbocycles. The molecule has 3 heterocycles. The molecule has 0 bridgehead atoms. The lowest BCUT2D eigenvalue weighted by molar-refractivity contribution is -0.142. The molecule has 0 spiro atoms. The fraction of sp³-hybridized carbons (Fsp3) is 0.607. The first-order valence-corrected chi connectivity index (χ1v) is 13.8. The molecule has 0 amide bonds. The molecule has 1 aliphatic heterocycles. The van der Waals surface area contributed by atoms with Gasteiger partial charge in [0.2, 0.25) is 5.95 Å². The fourth-order valence-electron chi connectivity index (χ4n) is 4.60. The summed E-state index contributed by atoms with van der Waals surface area (Å²) in [6, 6.07) is -0.558. The molecule has 0 aromatic carbocycles. The monoisotopic (exact) mass is 574 g/mol. The van der Waals surface area contributed by atoms with Crippen LogP contribution in [0.25, 0.3) is 0 Å². The van der Waals surface area contributed by atoms with Crippen LogP contribution in [0, 0.1) is 5.92 Å². The first kappa shape index (κ1) is 31.8. The summed E-state index contributed by atoms with van der Waals surface area (Å²) in [7, 11) is 0. The second-order valence-electron chi connectivity index (χ2n) is 11.5. The molecule has 2 aromatic rings. The zero-order valence-electron chi connectivity index (χ0n) is 24.8. The van der Waals surface area contributed by atoms with E-state index in [9.17, 15) is 24.6 Å². The Hall–Kier alpha value is -3.71. The molecule has 0 unspecified atom stereocenters. The van der Waals surface area contributed by atoms with Crippen molar-refractivity contribution < 1.29 is 29.3 Å². The van der Waals surface area contributed by atoms with Crippen molar-refractivity contribution in [2.24, 2.45) is 5.92 Å². The van der Waals surface area contributed by atoms with Crippen LogP contribution in [-0.2, 0) is 33.8 Å². The van der Waals surface area contributed by atoms with Gasteiger partial charge in [-0.2, -0.15) is 4.98 Å². The van der Waals surface area contributed by atoms with E-state index in [-0.39, 0.29) is 24.8 Å². The molecule has 6 N–H and O–H groups in total. The molecule has 0 radical (unpaired) electrons. The summed E-state index contributed by atoms with van der Waals surface area (Å²) < 4.78 is 10.9. The van der Waals surface area contributed by atoms with Gasteiger partial charge in [0.1, 0.15) is 18.4 Å². The summed E-state index contributed by atoms with van der Waals surface area (Å²) in [4.78, 5) is 48.2. The van der Waals surface area contributed by atoms with Gasteiger partial charge < -0.3 is 35.6 Å². The van der Waals surface area contributed by atoms with Gasteiger partial charge in [0, 0.05) is 37.7 Å². The van der Waals surface area contributed by atoms with Crippen LogP contribution >= 0.6 is 0 Å². The highest BCUT2D eigenvalue weighted by atomic mass is 16.5. The number of nitrogens with one attached hydrogen (secondary N) is 4. The van der Waals surface area contributed by atoms with Crippen LogP contribution in [0.4, 0.5) is 17.5 Å². The van der Waals surface area contributed by atoms with E-state index in [1.54, 1.807) is 6.20 Å². The number of H-pyrrole nitrogens is 1. The third-order valence-electron chi connectivity index (χ3n) is 6.68. The second-order valence-corrected chi connectivity index (χ2v) is 11.5. The van der Waals surface area contributed by atoms with E-state index in [2.05, 4.69) is 44.7 Å². The Kier molecular flexibility index (Phi) is 10.3. The number of pyridine rings is 1. The van der Waals surface area contributed by atoms with Crippen molar-refractivity contribution in [2.45, 2.75) is 98.1 Å². The number of carbonyl (C=O) groups excluding carboxylic acids is 2. The molecule has 1 aliphatic rings. The minimum Gasteiger partial charge on any atom is -0.461 e. The van der Waals surface area contributed by atoms with Gasteiger partial charge in [0.25, 0.3) is 5.56 Å². The van der Waals surface area contributed by atoms with E-state index >= 15 is 0 Å². The molecule has 41 heavy (non-hydrogen) atoms. The lowest BCUT2D eigenvalue weighted by atomic mass is 9.94. The molecule has 13 nitrogen and oxygen atoms in total. The number of esters is 2. The van der Waals surface area contributed by atoms with Crippen molar-refractivity contribution in [3.8, 4) is 5.75 Å². The minimum atomic E-state index is -1.06. The smallest absolute Gasteiger partial charge is 0.308 e. The van der Waals surface area contributed by atoms with Gasteiger partial charge in [-0.25, -0.2) is 0 Å². The Morgan fingerprint density at radius 2 is 1.90 bits per heavy atom. The molecular weight excluding hydrogens is 532 g/mol. The largest absolute Gasteiger partial charge is 0.461 e. The van der Waals surface area contributed by atoms with Crippen LogP contribution in [0.5, 0.6) is 5.75 Å². The number of nitrogens with zero attached hydrogens (tertiary/aromatic N) is 2. The number of aromatic amines is 1. The number of hydrogen-bond acceptors (Lipinski definition) is 12. The molecule has 3 rings (SSSR count). The van der Waals surface area contributed by atoms with Crippen molar-refractivity contribution in [1.82, 2.24) is 15.0 Å². The zero-order valence-corrected chi connectivity index (χ0v) is 24.8. The van der Waals surface area contributed by atoms with Crippen molar-refractivity contribution in [1.29, 1.82) is 0 Å². The van der Waals surface area contributed by atoms with Crippen molar-refractivity contribution in [3.63, 3.8) is 0 Å². The Balaban J connectivity index is 1.81. The maximum absolute atomic E-state index is 12.8. The van der Waals surface area contributed by atoms with E-state index in [1.807, 2.05) is 13.8 Å². The third-order valence-corrected chi connectivity index (χ3v) is 6.68. The standard InChI is InChI=1S/C28H42N6O7/c1-14(2)10-18-11-29-20(24(41-17(5)37)19(18)13-40-16(4)36)8-9-28(6,7)34-27-32-25-22(26(39)33-27)31-21(12-30-25)23(38)15(3)35/h11,14-15,21,23,31,35,38H,8-10,12-13H2,1-7H3,(H3,30,32,33,34,39)/t15-,21+,23-/m0/s1. The van der Waals surface area contributed by atoms with Gasteiger partial charge in [0.05, 0.1) is 17.8 Å². The van der Waals surface area contributed by atoms with Crippen molar-refractivity contribution in [3.05, 3.63) is 33.4 Å². The van der Waals surface area contributed by atoms with Gasteiger partial charge in [-0.1, -0.05) is 13.8 Å². The maximum Gasteiger partial charge on any atom is 0.308 e. The number of aromatic nitrogens is 3. The number of aryl methyl sites for hydroxylation is 1. The van der Waals surface area contributed by atoms with Crippen LogP contribution < -0.4 is 26.2 Å². The minimum absolute atomic E-state index is 0.0341. The van der Waals surface area contributed by atoms with E-state index in [0.29, 0.717) is 48.0 Å². The van der Waals surface area contributed by atoms with Crippen LogP contribution in [0.2, 0.25) is 0 Å². The quantitative estimate of drug-likeness (QED) is 0.203. The summed E-state index contributed by atoms with van der Waals surface area (Å²) in [5, 5.41) is 29.1. The lowest BCUT2D eigenvalue weighted by Crippen LogP contribution is -2.48. The molecule has 0 saturated heterocycles. The van der Waals surface area contributed by atoms with Crippen LogP contribution in [0.15, 0.2) is 11.0 Å². The van der Waals surface area contributed by atoms with Crippen LogP contribution in [-0.4, -0.2) is 67.4 Å². The molecule has 2 aromatic heterocycles. The molecular formula is C28H42N6O7. The summed E-state index contributed by atoms with van der Waals surface area (Å²) >= 11 is 0. The van der Waals surface area contributed by atoms with Crippen molar-refractivity contribution in [2.75, 3.05) is 22.5 Å². The summed E-state index contributed by atoms with van der Waals surface area (Å²) in [6.45, 7) is 12.3. The summed E-state index contributed by atoms with van der Waals surface area (Å²) in [5.74, 6) is 0.240. The van der Waals surface area contributed by atoms with Crippen LogP contribution in [0.3, 0.4) is 0 Å².